The van der Waals surface area contributed by atoms with E-state index in [1.165, 1.54) is 0 Å². The number of nitrogens with zero attached hydrogens (tertiary/aromatic N) is 2. The minimum Gasteiger partial charge on any atom is -0.478 e. The van der Waals surface area contributed by atoms with Crippen molar-refractivity contribution in [3.8, 4) is 5.88 Å². The van der Waals surface area contributed by atoms with Crippen molar-refractivity contribution in [3.05, 3.63) is 11.8 Å². The Morgan fingerprint density at radius 3 is 2.84 bits per heavy atom. The molecule has 0 amide bonds. The van der Waals surface area contributed by atoms with E-state index < -0.39 is 10.8 Å². The molecule has 2 unspecified atom stereocenters. The Labute approximate surface area is 117 Å². The van der Waals surface area contributed by atoms with Gasteiger partial charge in [-0.1, -0.05) is 6.92 Å². The number of rotatable bonds is 8. The fourth-order valence-corrected chi connectivity index (χ4v) is 2.21. The molecule has 1 aromatic rings. The lowest BCUT2D eigenvalue weighted by atomic mass is 10.3. The molecule has 0 fully saturated rings. The van der Waals surface area contributed by atoms with Crippen molar-refractivity contribution < 1.29 is 8.95 Å². The topological polar surface area (TPSA) is 64.1 Å². The first-order chi connectivity index (χ1) is 9.01. The summed E-state index contributed by atoms with van der Waals surface area (Å²) in [5, 5.41) is 3.22. The molecule has 1 aromatic heterocycles. The average molecular weight is 285 g/mol. The van der Waals surface area contributed by atoms with Gasteiger partial charge in [0.15, 0.2) is 0 Å². The molecule has 5 nitrogen and oxygen atoms in total. The first kappa shape index (κ1) is 15.9. The van der Waals surface area contributed by atoms with E-state index in [0.29, 0.717) is 24.2 Å². The van der Waals surface area contributed by atoms with E-state index in [0.717, 1.165) is 18.5 Å². The van der Waals surface area contributed by atoms with Crippen molar-refractivity contribution >= 4 is 16.7 Å². The van der Waals surface area contributed by atoms with Crippen LogP contribution < -0.4 is 10.1 Å². The molecule has 0 saturated heterocycles. The van der Waals surface area contributed by atoms with Crippen LogP contribution in [0, 0.1) is 6.92 Å². The maximum Gasteiger partial charge on any atom is 0.226 e. The summed E-state index contributed by atoms with van der Waals surface area (Å²) < 4.78 is 16.6. The van der Waals surface area contributed by atoms with Gasteiger partial charge >= 0.3 is 0 Å². The molecule has 0 aliphatic rings. The van der Waals surface area contributed by atoms with Crippen LogP contribution in [-0.4, -0.2) is 38.8 Å². The second-order valence-corrected chi connectivity index (χ2v) is 6.19. The Balaban J connectivity index is 2.61. The smallest absolute Gasteiger partial charge is 0.226 e. The monoisotopic (exact) mass is 285 g/mol. The summed E-state index contributed by atoms with van der Waals surface area (Å²) in [6.45, 7) is 6.66. The van der Waals surface area contributed by atoms with Crippen LogP contribution in [-0.2, 0) is 10.8 Å². The first-order valence-corrected chi connectivity index (χ1v) is 8.29. The molecule has 6 heteroatoms. The number of ether oxygens (including phenoxy) is 1. The number of anilines is 1. The molecule has 108 valence electrons. The van der Waals surface area contributed by atoms with E-state index in [9.17, 15) is 4.21 Å². The minimum atomic E-state index is -0.763. The van der Waals surface area contributed by atoms with E-state index in [2.05, 4.69) is 22.2 Å². The van der Waals surface area contributed by atoms with Crippen molar-refractivity contribution in [1.82, 2.24) is 9.97 Å². The van der Waals surface area contributed by atoms with E-state index in [-0.39, 0.29) is 6.04 Å². The summed E-state index contributed by atoms with van der Waals surface area (Å²) in [6, 6.07) is 2.01. The van der Waals surface area contributed by atoms with Gasteiger partial charge in [-0.2, -0.15) is 4.98 Å². The molecule has 0 spiro atoms. The third kappa shape index (κ3) is 6.52. The minimum absolute atomic E-state index is 0.185. The van der Waals surface area contributed by atoms with E-state index in [1.807, 2.05) is 19.9 Å². The van der Waals surface area contributed by atoms with E-state index >= 15 is 0 Å². The summed E-state index contributed by atoms with van der Waals surface area (Å²) in [4.78, 5) is 8.65. The second-order valence-electron chi connectivity index (χ2n) is 4.63. The Morgan fingerprint density at radius 1 is 1.47 bits per heavy atom. The summed E-state index contributed by atoms with van der Waals surface area (Å²) in [5.74, 6) is 1.85. The predicted octanol–water partition coefficient (Wildman–Crippen LogP) is 2.14. The van der Waals surface area contributed by atoms with Gasteiger partial charge in [0.05, 0.1) is 6.61 Å². The summed E-state index contributed by atoms with van der Waals surface area (Å²) in [7, 11) is -0.763. The van der Waals surface area contributed by atoms with Crippen LogP contribution in [0.15, 0.2) is 6.07 Å². The highest BCUT2D eigenvalue weighted by molar-refractivity contribution is 7.84. The predicted molar refractivity (Wildman–Crippen MR) is 79.2 cm³/mol. The van der Waals surface area contributed by atoms with Crippen molar-refractivity contribution in [3.63, 3.8) is 0 Å². The lowest BCUT2D eigenvalue weighted by Crippen LogP contribution is -2.20. The molecule has 1 rings (SSSR count). The lowest BCUT2D eigenvalue weighted by Gasteiger charge is -2.14. The van der Waals surface area contributed by atoms with Crippen LogP contribution in [0.1, 0.15) is 32.4 Å². The van der Waals surface area contributed by atoms with Crippen LogP contribution in [0.25, 0.3) is 0 Å². The lowest BCUT2D eigenvalue weighted by molar-refractivity contribution is 0.305. The number of hydrogen-bond acceptors (Lipinski definition) is 5. The Kier molecular flexibility index (Phi) is 6.77. The summed E-state index contributed by atoms with van der Waals surface area (Å²) in [6.07, 6.45) is 3.49. The fourth-order valence-electron chi connectivity index (χ4n) is 1.52. The van der Waals surface area contributed by atoms with Gasteiger partial charge in [0.1, 0.15) is 0 Å². The third-order valence-corrected chi connectivity index (χ3v) is 3.31. The standard InChI is InChI=1S/C13H23N3O2S/c1-5-7-18-12-9-11(3)15-13(16-12)14-10(2)6-8-19(4)17/h9-10H,5-8H2,1-4H3,(H,14,15,16). The first-order valence-electron chi connectivity index (χ1n) is 6.56. The maximum absolute atomic E-state index is 11.1. The maximum atomic E-state index is 11.1. The van der Waals surface area contributed by atoms with Gasteiger partial charge in [-0.05, 0) is 26.7 Å². The normalized spacial score (nSPS) is 13.9. The summed E-state index contributed by atoms with van der Waals surface area (Å²) in [5.41, 5.74) is 0.870. The summed E-state index contributed by atoms with van der Waals surface area (Å²) >= 11 is 0. The highest BCUT2D eigenvalue weighted by Crippen LogP contribution is 2.13. The van der Waals surface area contributed by atoms with Crippen LogP contribution in [0.5, 0.6) is 5.88 Å². The molecule has 19 heavy (non-hydrogen) atoms. The zero-order valence-corrected chi connectivity index (χ0v) is 12.9. The molecular formula is C13H23N3O2S. The largest absolute Gasteiger partial charge is 0.478 e. The zero-order chi connectivity index (χ0) is 14.3. The molecule has 2 atom stereocenters. The van der Waals surface area contributed by atoms with Gasteiger partial charge in [0, 0.05) is 40.6 Å². The number of aryl methyl sites for hydroxylation is 1. The van der Waals surface area contributed by atoms with Gasteiger partial charge in [-0.3, -0.25) is 4.21 Å². The van der Waals surface area contributed by atoms with Gasteiger partial charge in [-0.15, -0.1) is 0 Å². The SMILES string of the molecule is CCCOc1cc(C)nc(NC(C)CCS(C)=O)n1. The Bertz CT molecular complexity index is 426. The van der Waals surface area contributed by atoms with Crippen molar-refractivity contribution in [2.45, 2.75) is 39.7 Å². The van der Waals surface area contributed by atoms with Crippen molar-refractivity contribution in [2.75, 3.05) is 23.9 Å². The van der Waals surface area contributed by atoms with Crippen molar-refractivity contribution in [2.24, 2.45) is 0 Å². The zero-order valence-electron chi connectivity index (χ0n) is 12.1. The van der Waals surface area contributed by atoms with Gasteiger partial charge in [0.2, 0.25) is 11.8 Å². The van der Waals surface area contributed by atoms with Gasteiger partial charge in [0.25, 0.3) is 0 Å². The fraction of sp³-hybridized carbons (Fsp3) is 0.692. The molecule has 0 aliphatic heterocycles. The second kappa shape index (κ2) is 8.09. The molecule has 1 N–H and O–H groups in total. The molecule has 0 aliphatic carbocycles. The van der Waals surface area contributed by atoms with Crippen LogP contribution in [0.3, 0.4) is 0 Å². The van der Waals surface area contributed by atoms with E-state index in [1.54, 1.807) is 6.26 Å². The number of hydrogen-bond donors (Lipinski definition) is 1. The Morgan fingerprint density at radius 2 is 2.21 bits per heavy atom. The molecule has 0 aromatic carbocycles. The number of aromatic nitrogens is 2. The van der Waals surface area contributed by atoms with Crippen LogP contribution >= 0.6 is 0 Å². The number of nitrogens with one attached hydrogen (secondary N) is 1. The molecule has 0 bridgehead atoms. The third-order valence-electron chi connectivity index (χ3n) is 2.50. The quantitative estimate of drug-likeness (QED) is 0.793. The Hall–Kier alpha value is -1.17. The van der Waals surface area contributed by atoms with Crippen molar-refractivity contribution in [1.29, 1.82) is 0 Å². The average Bonchev–Trinajstić information content (AvgIpc) is 2.33. The molecule has 0 radical (unpaired) electrons. The molecule has 0 saturated carbocycles. The van der Waals surface area contributed by atoms with E-state index in [4.69, 9.17) is 4.74 Å². The van der Waals surface area contributed by atoms with Gasteiger partial charge in [-0.25, -0.2) is 4.98 Å². The van der Waals surface area contributed by atoms with Crippen LogP contribution in [0.4, 0.5) is 5.95 Å². The van der Waals surface area contributed by atoms with Crippen LogP contribution in [0.2, 0.25) is 0 Å². The highest BCUT2D eigenvalue weighted by Gasteiger charge is 2.07. The highest BCUT2D eigenvalue weighted by atomic mass is 32.2. The van der Waals surface area contributed by atoms with Gasteiger partial charge < -0.3 is 10.1 Å². The molecular weight excluding hydrogens is 262 g/mol. The molecule has 1 heterocycles.